The molecule has 0 aliphatic carbocycles. The van der Waals surface area contributed by atoms with E-state index in [-0.39, 0.29) is 5.75 Å². The van der Waals surface area contributed by atoms with Gasteiger partial charge in [0.05, 0.1) is 31.4 Å². The lowest BCUT2D eigenvalue weighted by Crippen LogP contribution is -2.36. The first kappa shape index (κ1) is 35.6. The zero-order valence-electron chi connectivity index (χ0n) is 25.9. The summed E-state index contributed by atoms with van der Waals surface area (Å²) in [6.07, 6.45) is -3.68. The quantitative estimate of drug-likeness (QED) is 0.104. The monoisotopic (exact) mass is 646 g/mol. The summed E-state index contributed by atoms with van der Waals surface area (Å²) in [5.74, 6) is -4.17. The average Bonchev–Trinajstić information content (AvgIpc) is 3.24. The van der Waals surface area contributed by atoms with Gasteiger partial charge in [-0.05, 0) is 106 Å². The molecule has 0 saturated carbocycles. The number of methoxy groups -OCH3 is 2. The maximum Gasteiger partial charge on any atom is 0.453 e. The van der Waals surface area contributed by atoms with Crippen molar-refractivity contribution < 1.29 is 39.8 Å². The van der Waals surface area contributed by atoms with Crippen LogP contribution in [0.3, 0.4) is 0 Å². The molecule has 1 heterocycles. The Morgan fingerprint density at radius 1 is 0.795 bits per heavy atom. The standard InChI is InChI=1S/C32H43F5N2O4S/c1-24-28-23-27(43-4)15-16-29(28)39(30(24)25-11-13-26(42-3)14-12-25)20-8-6-5-7-18-38(2)19-10-22-44(40,41)21-9-17-31(33,34)32(35,36)37/h11-16,23H,5-10,17-22H2,1-4H3. The van der Waals surface area contributed by atoms with E-state index in [0.717, 1.165) is 66.7 Å². The molecule has 3 rings (SSSR count). The highest BCUT2D eigenvalue weighted by molar-refractivity contribution is 7.91. The second-order valence-electron chi connectivity index (χ2n) is 11.3. The van der Waals surface area contributed by atoms with Gasteiger partial charge in [0.1, 0.15) is 21.3 Å². The Morgan fingerprint density at radius 3 is 2.02 bits per heavy atom. The molecule has 6 nitrogen and oxygen atoms in total. The van der Waals surface area contributed by atoms with E-state index in [1.54, 1.807) is 14.2 Å². The van der Waals surface area contributed by atoms with E-state index >= 15 is 0 Å². The maximum atomic E-state index is 13.0. The molecule has 0 amide bonds. The largest absolute Gasteiger partial charge is 0.497 e. The number of nitrogens with zero attached hydrogens (tertiary/aromatic N) is 2. The summed E-state index contributed by atoms with van der Waals surface area (Å²) in [6, 6.07) is 14.2. The topological polar surface area (TPSA) is 60.8 Å². The minimum atomic E-state index is -5.66. The van der Waals surface area contributed by atoms with Gasteiger partial charge >= 0.3 is 12.1 Å². The van der Waals surface area contributed by atoms with Crippen LogP contribution < -0.4 is 9.47 Å². The minimum Gasteiger partial charge on any atom is -0.497 e. The van der Waals surface area contributed by atoms with Gasteiger partial charge in [0.15, 0.2) is 0 Å². The molecular formula is C32H43F5N2O4S. The molecule has 44 heavy (non-hydrogen) atoms. The van der Waals surface area contributed by atoms with Gasteiger partial charge in [-0.1, -0.05) is 12.8 Å². The van der Waals surface area contributed by atoms with Crippen LogP contribution in [0.4, 0.5) is 22.0 Å². The zero-order chi connectivity index (χ0) is 32.5. The van der Waals surface area contributed by atoms with Crippen LogP contribution in [0, 0.1) is 6.92 Å². The Bertz CT molecular complexity index is 1450. The van der Waals surface area contributed by atoms with Gasteiger partial charge in [-0.25, -0.2) is 8.42 Å². The molecule has 0 atom stereocenters. The summed E-state index contributed by atoms with van der Waals surface area (Å²) < 4.78 is 100. The molecule has 0 N–H and O–H groups in total. The summed E-state index contributed by atoms with van der Waals surface area (Å²) in [5.41, 5.74) is 4.62. The molecule has 0 radical (unpaired) electrons. The Kier molecular flexibility index (Phi) is 12.5. The second kappa shape index (κ2) is 15.4. The summed E-state index contributed by atoms with van der Waals surface area (Å²) in [7, 11) is 1.51. The molecule has 2 aromatic carbocycles. The van der Waals surface area contributed by atoms with Crippen molar-refractivity contribution in [3.63, 3.8) is 0 Å². The van der Waals surface area contributed by atoms with Crippen LogP contribution in [-0.2, 0) is 16.4 Å². The lowest BCUT2D eigenvalue weighted by Gasteiger charge is -2.19. The van der Waals surface area contributed by atoms with Crippen LogP contribution in [0.2, 0.25) is 0 Å². The predicted octanol–water partition coefficient (Wildman–Crippen LogP) is 7.91. The Hall–Kier alpha value is -2.86. The Balaban J connectivity index is 1.45. The van der Waals surface area contributed by atoms with Gasteiger partial charge in [0.2, 0.25) is 0 Å². The minimum absolute atomic E-state index is 0.235. The van der Waals surface area contributed by atoms with Crippen molar-refractivity contribution in [1.82, 2.24) is 9.47 Å². The summed E-state index contributed by atoms with van der Waals surface area (Å²) in [4.78, 5) is 2.02. The van der Waals surface area contributed by atoms with Gasteiger partial charge in [-0.3, -0.25) is 0 Å². The van der Waals surface area contributed by atoms with Crippen LogP contribution in [-0.4, -0.2) is 75.8 Å². The first-order valence-corrected chi connectivity index (χ1v) is 16.7. The maximum absolute atomic E-state index is 13.0. The molecule has 0 bridgehead atoms. The number of rotatable bonds is 18. The third-order valence-electron chi connectivity index (χ3n) is 7.91. The molecule has 3 aromatic rings. The van der Waals surface area contributed by atoms with Crippen LogP contribution in [0.25, 0.3) is 22.2 Å². The lowest BCUT2D eigenvalue weighted by atomic mass is 10.1. The van der Waals surface area contributed by atoms with Crippen molar-refractivity contribution in [2.45, 2.75) is 70.5 Å². The number of hydrogen-bond acceptors (Lipinski definition) is 5. The predicted molar refractivity (Wildman–Crippen MR) is 165 cm³/mol. The summed E-state index contributed by atoms with van der Waals surface area (Å²) >= 11 is 0. The van der Waals surface area contributed by atoms with E-state index in [1.807, 2.05) is 30.1 Å². The Labute approximate surface area is 257 Å². The smallest absolute Gasteiger partial charge is 0.453 e. The number of sulfone groups is 1. The molecule has 12 heteroatoms. The number of benzene rings is 2. The highest BCUT2D eigenvalue weighted by Gasteiger charge is 2.56. The van der Waals surface area contributed by atoms with Crippen molar-refractivity contribution in [1.29, 1.82) is 0 Å². The Morgan fingerprint density at radius 2 is 1.39 bits per heavy atom. The van der Waals surface area contributed by atoms with Gasteiger partial charge in [-0.2, -0.15) is 22.0 Å². The fraction of sp³-hybridized carbons (Fsp3) is 0.562. The zero-order valence-corrected chi connectivity index (χ0v) is 26.7. The fourth-order valence-electron chi connectivity index (χ4n) is 5.41. The van der Waals surface area contributed by atoms with Gasteiger partial charge < -0.3 is 18.9 Å². The second-order valence-corrected chi connectivity index (χ2v) is 13.6. The average molecular weight is 647 g/mol. The van der Waals surface area contributed by atoms with Crippen LogP contribution in [0.5, 0.6) is 11.5 Å². The molecule has 0 saturated heterocycles. The van der Waals surface area contributed by atoms with Crippen LogP contribution >= 0.6 is 0 Å². The molecule has 0 unspecified atom stereocenters. The van der Waals surface area contributed by atoms with E-state index in [4.69, 9.17) is 9.47 Å². The number of aromatic nitrogens is 1. The number of alkyl halides is 5. The number of hydrogen-bond donors (Lipinski definition) is 0. The first-order valence-electron chi connectivity index (χ1n) is 14.8. The lowest BCUT2D eigenvalue weighted by molar-refractivity contribution is -0.284. The normalized spacial score (nSPS) is 12.8. The van der Waals surface area contributed by atoms with E-state index in [2.05, 4.69) is 35.8 Å². The molecular weight excluding hydrogens is 603 g/mol. The van der Waals surface area contributed by atoms with E-state index in [1.165, 1.54) is 11.3 Å². The van der Waals surface area contributed by atoms with Crippen LogP contribution in [0.15, 0.2) is 42.5 Å². The molecule has 0 spiro atoms. The third-order valence-corrected chi connectivity index (χ3v) is 9.74. The molecule has 0 aliphatic rings. The summed E-state index contributed by atoms with van der Waals surface area (Å²) in [6.45, 7) is 4.26. The number of unbranched alkanes of at least 4 members (excludes halogenated alkanes) is 3. The van der Waals surface area contributed by atoms with Crippen LogP contribution in [0.1, 0.15) is 50.5 Å². The highest BCUT2D eigenvalue weighted by atomic mass is 32.2. The SMILES string of the molecule is COc1ccc(-c2c(C)c3cc(OC)ccc3n2CCCCCCN(C)CCCS(=O)(=O)CCCC(F)(F)C(F)(F)F)cc1. The number of aryl methyl sites for hydroxylation is 2. The fourth-order valence-corrected chi connectivity index (χ4v) is 6.77. The summed E-state index contributed by atoms with van der Waals surface area (Å²) in [5, 5.41) is 1.15. The molecule has 0 aliphatic heterocycles. The number of ether oxygens (including phenoxy) is 2. The first-order chi connectivity index (χ1) is 20.7. The molecule has 246 valence electrons. The molecule has 0 fully saturated rings. The van der Waals surface area contributed by atoms with Gasteiger partial charge in [0.25, 0.3) is 0 Å². The van der Waals surface area contributed by atoms with Crippen molar-refractivity contribution in [3.8, 4) is 22.8 Å². The van der Waals surface area contributed by atoms with E-state index < -0.39 is 40.5 Å². The van der Waals surface area contributed by atoms with Crippen molar-refractivity contribution >= 4 is 20.7 Å². The molecule has 1 aromatic heterocycles. The number of halogens is 5. The number of fused-ring (bicyclic) bond motifs is 1. The third kappa shape index (κ3) is 9.57. The van der Waals surface area contributed by atoms with Crippen molar-refractivity contribution in [2.24, 2.45) is 0 Å². The van der Waals surface area contributed by atoms with Gasteiger partial charge in [-0.15, -0.1) is 0 Å². The van der Waals surface area contributed by atoms with Gasteiger partial charge in [0, 0.05) is 23.9 Å². The van der Waals surface area contributed by atoms with E-state index in [9.17, 15) is 30.4 Å². The van der Waals surface area contributed by atoms with Crippen molar-refractivity contribution in [3.05, 3.63) is 48.0 Å². The highest BCUT2D eigenvalue weighted by Crippen LogP contribution is 2.39. The van der Waals surface area contributed by atoms with Crippen molar-refractivity contribution in [2.75, 3.05) is 45.9 Å². The van der Waals surface area contributed by atoms with E-state index in [0.29, 0.717) is 13.0 Å².